The Kier molecular flexibility index (Phi) is 4.50. The van der Waals surface area contributed by atoms with Gasteiger partial charge in [-0.15, -0.1) is 10.2 Å². The molecule has 2 aromatic rings. The lowest BCUT2D eigenvalue weighted by molar-refractivity contribution is 0.273. The third-order valence-corrected chi connectivity index (χ3v) is 6.28. The molecule has 1 aromatic carbocycles. The minimum atomic E-state index is -3.60. The average molecular weight is 335 g/mol. The van der Waals surface area contributed by atoms with E-state index in [1.165, 1.54) is 4.31 Å². The van der Waals surface area contributed by atoms with E-state index in [0.717, 1.165) is 24.8 Å². The van der Waals surface area contributed by atoms with Gasteiger partial charge in [0, 0.05) is 13.5 Å². The Balaban J connectivity index is 2.04. The molecule has 0 radical (unpaired) electrons. The Hall–Kier alpha value is -1.73. The van der Waals surface area contributed by atoms with E-state index in [1.54, 1.807) is 19.1 Å². The zero-order valence-corrected chi connectivity index (χ0v) is 14.2. The van der Waals surface area contributed by atoms with Crippen molar-refractivity contribution in [2.45, 2.75) is 50.5 Å². The van der Waals surface area contributed by atoms with E-state index < -0.39 is 10.0 Å². The molecule has 0 spiro atoms. The number of nitrogens with zero attached hydrogens (tertiary/aromatic N) is 3. The molecule has 1 aromatic heterocycles. The third kappa shape index (κ3) is 3.16. The summed E-state index contributed by atoms with van der Waals surface area (Å²) in [4.78, 5) is 0.350. The van der Waals surface area contributed by atoms with Gasteiger partial charge in [0.2, 0.25) is 21.8 Å². The van der Waals surface area contributed by atoms with Crippen LogP contribution in [0.25, 0.3) is 0 Å². The first-order valence-corrected chi connectivity index (χ1v) is 9.31. The fourth-order valence-corrected chi connectivity index (χ4v) is 4.91. The molecule has 0 aliphatic carbocycles. The van der Waals surface area contributed by atoms with E-state index in [2.05, 4.69) is 10.2 Å². The van der Waals surface area contributed by atoms with Crippen molar-refractivity contribution < 1.29 is 12.8 Å². The van der Waals surface area contributed by atoms with Crippen LogP contribution in [-0.2, 0) is 10.0 Å². The van der Waals surface area contributed by atoms with Gasteiger partial charge >= 0.3 is 0 Å². The smallest absolute Gasteiger partial charge is 0.244 e. The van der Waals surface area contributed by atoms with Crippen LogP contribution >= 0.6 is 0 Å². The first-order valence-electron chi connectivity index (χ1n) is 7.87. The summed E-state index contributed by atoms with van der Waals surface area (Å²) in [6.45, 7) is 4.01. The van der Waals surface area contributed by atoms with Gasteiger partial charge in [-0.1, -0.05) is 31.0 Å². The lowest BCUT2D eigenvalue weighted by atomic mass is 10.1. The van der Waals surface area contributed by atoms with E-state index in [1.807, 2.05) is 19.1 Å². The predicted molar refractivity (Wildman–Crippen MR) is 85.3 cm³/mol. The Morgan fingerprint density at radius 2 is 1.91 bits per heavy atom. The third-order valence-electron chi connectivity index (χ3n) is 4.21. The summed E-state index contributed by atoms with van der Waals surface area (Å²) in [5, 5.41) is 7.93. The van der Waals surface area contributed by atoms with Crippen LogP contribution in [0, 0.1) is 13.8 Å². The summed E-state index contributed by atoms with van der Waals surface area (Å²) in [6.07, 6.45) is 3.50. The van der Waals surface area contributed by atoms with E-state index in [0.29, 0.717) is 29.6 Å². The maximum Gasteiger partial charge on any atom is 0.244 e. The lowest BCUT2D eigenvalue weighted by Gasteiger charge is -2.27. The number of hydrogen-bond acceptors (Lipinski definition) is 5. The SMILES string of the molecule is Cc1nnc(C2CCCCCN2S(=O)(=O)c2ccccc2C)o1. The Bertz CT molecular complexity index is 785. The Labute approximate surface area is 136 Å². The van der Waals surface area contributed by atoms with Crippen LogP contribution in [-0.4, -0.2) is 29.5 Å². The van der Waals surface area contributed by atoms with Crippen molar-refractivity contribution in [2.24, 2.45) is 0 Å². The fraction of sp³-hybridized carbons (Fsp3) is 0.500. The van der Waals surface area contributed by atoms with Crippen molar-refractivity contribution in [1.82, 2.24) is 14.5 Å². The summed E-state index contributed by atoms with van der Waals surface area (Å²) in [5.41, 5.74) is 0.747. The molecule has 0 saturated carbocycles. The molecule has 0 N–H and O–H groups in total. The maximum absolute atomic E-state index is 13.2. The summed E-state index contributed by atoms with van der Waals surface area (Å²) in [7, 11) is -3.60. The topological polar surface area (TPSA) is 76.3 Å². The van der Waals surface area contributed by atoms with Gasteiger partial charge in [-0.05, 0) is 31.4 Å². The Morgan fingerprint density at radius 1 is 1.13 bits per heavy atom. The highest BCUT2D eigenvalue weighted by atomic mass is 32.2. The molecule has 1 unspecified atom stereocenters. The van der Waals surface area contributed by atoms with Crippen LogP contribution in [0.4, 0.5) is 0 Å². The number of sulfonamides is 1. The molecule has 0 amide bonds. The van der Waals surface area contributed by atoms with Gasteiger partial charge in [0.1, 0.15) is 6.04 Å². The summed E-state index contributed by atoms with van der Waals surface area (Å²) >= 11 is 0. The number of benzene rings is 1. The van der Waals surface area contributed by atoms with Crippen LogP contribution in [0.1, 0.15) is 49.1 Å². The van der Waals surface area contributed by atoms with E-state index in [9.17, 15) is 8.42 Å². The molecule has 7 heteroatoms. The highest BCUT2D eigenvalue weighted by Gasteiger charge is 2.36. The van der Waals surface area contributed by atoms with Crippen LogP contribution in [0.15, 0.2) is 33.6 Å². The molecule has 23 heavy (non-hydrogen) atoms. The largest absolute Gasteiger partial charge is 0.424 e. The lowest BCUT2D eigenvalue weighted by Crippen LogP contribution is -2.35. The predicted octanol–water partition coefficient (Wildman–Crippen LogP) is 2.99. The van der Waals surface area contributed by atoms with Crippen molar-refractivity contribution in [3.05, 3.63) is 41.6 Å². The van der Waals surface area contributed by atoms with Gasteiger partial charge in [0.15, 0.2) is 0 Å². The van der Waals surface area contributed by atoms with Crippen LogP contribution in [0.2, 0.25) is 0 Å². The number of aryl methyl sites for hydroxylation is 2. The number of aromatic nitrogens is 2. The van der Waals surface area contributed by atoms with Crippen LogP contribution in [0.3, 0.4) is 0 Å². The van der Waals surface area contributed by atoms with E-state index >= 15 is 0 Å². The highest BCUT2D eigenvalue weighted by molar-refractivity contribution is 7.89. The fourth-order valence-electron chi connectivity index (χ4n) is 3.03. The first kappa shape index (κ1) is 16.1. The van der Waals surface area contributed by atoms with Gasteiger partial charge in [0.05, 0.1) is 4.90 Å². The number of rotatable bonds is 3. The average Bonchev–Trinajstić information content (AvgIpc) is 2.80. The van der Waals surface area contributed by atoms with Crippen LogP contribution in [0.5, 0.6) is 0 Å². The second kappa shape index (κ2) is 6.41. The first-order chi connectivity index (χ1) is 11.0. The second-order valence-corrected chi connectivity index (χ2v) is 7.76. The molecule has 3 rings (SSSR count). The van der Waals surface area contributed by atoms with E-state index in [4.69, 9.17) is 4.42 Å². The van der Waals surface area contributed by atoms with E-state index in [-0.39, 0.29) is 6.04 Å². The summed E-state index contributed by atoms with van der Waals surface area (Å²) < 4.78 is 33.5. The standard InChI is InChI=1S/C16H21N3O3S/c1-12-8-5-6-10-15(12)23(20,21)19-11-7-3-4-9-14(19)16-18-17-13(2)22-16/h5-6,8,10,14H,3-4,7,9,11H2,1-2H3. The van der Waals surface area contributed by atoms with Crippen molar-refractivity contribution in [3.63, 3.8) is 0 Å². The zero-order valence-electron chi connectivity index (χ0n) is 13.4. The maximum atomic E-state index is 13.2. The molecule has 0 bridgehead atoms. The van der Waals surface area contributed by atoms with Crippen LogP contribution < -0.4 is 0 Å². The molecule has 6 nitrogen and oxygen atoms in total. The minimum Gasteiger partial charge on any atom is -0.424 e. The molecule has 1 aliphatic rings. The van der Waals surface area contributed by atoms with Gasteiger partial charge in [0.25, 0.3) is 0 Å². The normalized spacial score (nSPS) is 20.3. The summed E-state index contributed by atoms with van der Waals surface area (Å²) in [6, 6.07) is 6.69. The molecule has 124 valence electrons. The van der Waals surface area contributed by atoms with Crippen molar-refractivity contribution in [1.29, 1.82) is 0 Å². The summed E-state index contributed by atoms with van der Waals surface area (Å²) in [5.74, 6) is 0.846. The second-order valence-electron chi connectivity index (χ2n) is 5.91. The minimum absolute atomic E-state index is 0.350. The van der Waals surface area contributed by atoms with Gasteiger partial charge in [-0.25, -0.2) is 8.42 Å². The monoisotopic (exact) mass is 335 g/mol. The molecule has 1 aliphatic heterocycles. The van der Waals surface area contributed by atoms with Gasteiger partial charge in [-0.3, -0.25) is 0 Å². The molecular weight excluding hydrogens is 314 g/mol. The zero-order chi connectivity index (χ0) is 16.4. The van der Waals surface area contributed by atoms with Gasteiger partial charge in [-0.2, -0.15) is 4.31 Å². The molecule has 1 atom stereocenters. The number of hydrogen-bond donors (Lipinski definition) is 0. The molecular formula is C16H21N3O3S. The van der Waals surface area contributed by atoms with Gasteiger partial charge < -0.3 is 4.42 Å². The molecule has 2 heterocycles. The van der Waals surface area contributed by atoms with Crippen molar-refractivity contribution in [3.8, 4) is 0 Å². The highest BCUT2D eigenvalue weighted by Crippen LogP contribution is 2.34. The van der Waals surface area contributed by atoms with Crippen molar-refractivity contribution in [2.75, 3.05) is 6.54 Å². The quantitative estimate of drug-likeness (QED) is 0.862. The molecule has 1 saturated heterocycles. The Morgan fingerprint density at radius 3 is 2.61 bits per heavy atom. The van der Waals surface area contributed by atoms with Crippen molar-refractivity contribution >= 4 is 10.0 Å². The molecule has 1 fully saturated rings.